The third-order valence-corrected chi connectivity index (χ3v) is 2.31. The molecule has 2 rings (SSSR count). The van der Waals surface area contributed by atoms with Crippen LogP contribution in [-0.2, 0) is 0 Å². The van der Waals surface area contributed by atoms with Crippen molar-refractivity contribution in [1.82, 2.24) is 4.90 Å². The van der Waals surface area contributed by atoms with Gasteiger partial charge in [0, 0.05) is 0 Å². The molecule has 0 radical (unpaired) electrons. The molecule has 0 unspecified atom stereocenters. The molecule has 1 aromatic rings. The quantitative estimate of drug-likeness (QED) is 0.638. The number of para-hydroxylation sites is 1. The lowest BCUT2D eigenvalue weighted by Crippen LogP contribution is -2.32. The van der Waals surface area contributed by atoms with Crippen LogP contribution in [0.5, 0.6) is 5.75 Å². The molecule has 76 valence electrons. The van der Waals surface area contributed by atoms with E-state index in [1.807, 2.05) is 12.1 Å². The highest BCUT2D eigenvalue weighted by Crippen LogP contribution is 2.21. The highest BCUT2D eigenvalue weighted by Gasteiger charge is 2.21. The number of amides is 1. The van der Waals surface area contributed by atoms with Crippen molar-refractivity contribution in [3.8, 4) is 18.1 Å². The van der Waals surface area contributed by atoms with Gasteiger partial charge in [-0.1, -0.05) is 18.1 Å². The highest BCUT2D eigenvalue weighted by molar-refractivity contribution is 5.97. The molecule has 15 heavy (non-hydrogen) atoms. The van der Waals surface area contributed by atoms with Crippen molar-refractivity contribution in [3.63, 3.8) is 0 Å². The normalized spacial score (nSPS) is 14.9. The van der Waals surface area contributed by atoms with E-state index in [1.165, 1.54) is 0 Å². The molecule has 0 saturated carbocycles. The third kappa shape index (κ3) is 1.79. The number of hydrogen-bond acceptors (Lipinski definition) is 2. The van der Waals surface area contributed by atoms with Crippen LogP contribution in [0.1, 0.15) is 10.4 Å². The molecule has 0 fully saturated rings. The van der Waals surface area contributed by atoms with Crippen molar-refractivity contribution in [3.05, 3.63) is 29.8 Å². The van der Waals surface area contributed by atoms with Crippen molar-refractivity contribution in [1.29, 1.82) is 0 Å². The second kappa shape index (κ2) is 4.05. The summed E-state index contributed by atoms with van der Waals surface area (Å²) in [7, 11) is 0. The van der Waals surface area contributed by atoms with E-state index in [-0.39, 0.29) is 5.91 Å². The molecule has 1 aromatic carbocycles. The Labute approximate surface area is 88.6 Å². The SMILES string of the molecule is C#CCN1CCOc2ccccc2C1=O. The minimum atomic E-state index is -0.0546. The summed E-state index contributed by atoms with van der Waals surface area (Å²) >= 11 is 0. The molecular weight excluding hydrogens is 190 g/mol. The van der Waals surface area contributed by atoms with Crippen molar-refractivity contribution >= 4 is 5.91 Å². The minimum absolute atomic E-state index is 0.0546. The van der Waals surface area contributed by atoms with E-state index in [0.717, 1.165) is 0 Å². The van der Waals surface area contributed by atoms with Crippen LogP contribution in [0.25, 0.3) is 0 Å². The van der Waals surface area contributed by atoms with Crippen LogP contribution in [0.15, 0.2) is 24.3 Å². The first-order valence-corrected chi connectivity index (χ1v) is 4.77. The molecule has 1 heterocycles. The fourth-order valence-corrected chi connectivity index (χ4v) is 1.57. The first kappa shape index (κ1) is 9.60. The van der Waals surface area contributed by atoms with Gasteiger partial charge in [-0.15, -0.1) is 6.42 Å². The third-order valence-electron chi connectivity index (χ3n) is 2.31. The average molecular weight is 201 g/mol. The molecule has 0 aliphatic carbocycles. The van der Waals surface area contributed by atoms with Crippen molar-refractivity contribution < 1.29 is 9.53 Å². The maximum atomic E-state index is 12.0. The summed E-state index contributed by atoms with van der Waals surface area (Å²) in [5.41, 5.74) is 0.588. The standard InChI is InChI=1S/C12H11NO2/c1-2-7-13-8-9-15-11-6-4-3-5-10(11)12(13)14/h1,3-6H,7-9H2. The van der Waals surface area contributed by atoms with Gasteiger partial charge >= 0.3 is 0 Å². The van der Waals surface area contributed by atoms with Crippen LogP contribution < -0.4 is 4.74 Å². The van der Waals surface area contributed by atoms with Gasteiger partial charge in [-0.25, -0.2) is 0 Å². The Morgan fingerprint density at radius 1 is 1.47 bits per heavy atom. The smallest absolute Gasteiger partial charge is 0.258 e. The first-order chi connectivity index (χ1) is 7.33. The minimum Gasteiger partial charge on any atom is -0.491 e. The number of carbonyl (C=O) groups is 1. The van der Waals surface area contributed by atoms with Crippen LogP contribution in [0.4, 0.5) is 0 Å². The predicted octanol–water partition coefficient (Wildman–Crippen LogP) is 1.15. The van der Waals surface area contributed by atoms with Gasteiger partial charge in [0.25, 0.3) is 5.91 Å². The Hall–Kier alpha value is -1.95. The molecule has 0 saturated heterocycles. The zero-order valence-electron chi connectivity index (χ0n) is 8.27. The van der Waals surface area contributed by atoms with E-state index in [4.69, 9.17) is 11.2 Å². The van der Waals surface area contributed by atoms with E-state index >= 15 is 0 Å². The van der Waals surface area contributed by atoms with Gasteiger partial charge in [0.1, 0.15) is 12.4 Å². The molecule has 0 atom stereocenters. The van der Waals surface area contributed by atoms with E-state index in [9.17, 15) is 4.79 Å². The van der Waals surface area contributed by atoms with Crippen LogP contribution in [0, 0.1) is 12.3 Å². The molecule has 0 N–H and O–H groups in total. The predicted molar refractivity (Wildman–Crippen MR) is 56.7 cm³/mol. The number of carbonyl (C=O) groups excluding carboxylic acids is 1. The van der Waals surface area contributed by atoms with Gasteiger partial charge in [0.15, 0.2) is 0 Å². The van der Waals surface area contributed by atoms with Crippen LogP contribution in [0.3, 0.4) is 0 Å². The van der Waals surface area contributed by atoms with Crippen LogP contribution in [0.2, 0.25) is 0 Å². The molecule has 0 bridgehead atoms. The van der Waals surface area contributed by atoms with E-state index < -0.39 is 0 Å². The summed E-state index contributed by atoms with van der Waals surface area (Å²) in [6.07, 6.45) is 5.21. The monoisotopic (exact) mass is 201 g/mol. The van der Waals surface area contributed by atoms with Crippen molar-refractivity contribution in [2.75, 3.05) is 19.7 Å². The second-order valence-corrected chi connectivity index (χ2v) is 3.28. The van der Waals surface area contributed by atoms with Gasteiger partial charge in [-0.2, -0.15) is 0 Å². The Balaban J connectivity index is 2.35. The maximum Gasteiger partial charge on any atom is 0.258 e. The Morgan fingerprint density at radius 3 is 3.07 bits per heavy atom. The number of nitrogens with zero attached hydrogens (tertiary/aromatic N) is 1. The van der Waals surface area contributed by atoms with Gasteiger partial charge in [-0.3, -0.25) is 4.79 Å². The molecule has 0 aromatic heterocycles. The van der Waals surface area contributed by atoms with E-state index in [2.05, 4.69) is 5.92 Å². The number of rotatable bonds is 1. The summed E-state index contributed by atoms with van der Waals surface area (Å²) in [5, 5.41) is 0. The molecular formula is C12H11NO2. The Bertz CT molecular complexity index is 420. The fraction of sp³-hybridized carbons (Fsp3) is 0.250. The van der Waals surface area contributed by atoms with Gasteiger partial charge < -0.3 is 9.64 Å². The van der Waals surface area contributed by atoms with Gasteiger partial charge in [-0.05, 0) is 12.1 Å². The number of ether oxygens (including phenoxy) is 1. The van der Waals surface area contributed by atoms with Crippen molar-refractivity contribution in [2.45, 2.75) is 0 Å². The zero-order valence-corrected chi connectivity index (χ0v) is 8.27. The lowest BCUT2D eigenvalue weighted by atomic mass is 10.2. The lowest BCUT2D eigenvalue weighted by Gasteiger charge is -2.16. The van der Waals surface area contributed by atoms with E-state index in [1.54, 1.807) is 17.0 Å². The highest BCUT2D eigenvalue weighted by atomic mass is 16.5. The summed E-state index contributed by atoms with van der Waals surface area (Å²) in [5.74, 6) is 3.06. The van der Waals surface area contributed by atoms with Gasteiger partial charge in [0.05, 0.1) is 18.7 Å². The topological polar surface area (TPSA) is 29.5 Å². The summed E-state index contributed by atoms with van der Waals surface area (Å²) in [6.45, 7) is 1.36. The Kier molecular flexibility index (Phi) is 2.59. The number of fused-ring (bicyclic) bond motifs is 1. The largest absolute Gasteiger partial charge is 0.491 e. The van der Waals surface area contributed by atoms with Crippen LogP contribution in [-0.4, -0.2) is 30.5 Å². The number of benzene rings is 1. The molecule has 1 aliphatic rings. The van der Waals surface area contributed by atoms with Crippen LogP contribution >= 0.6 is 0 Å². The first-order valence-electron chi connectivity index (χ1n) is 4.77. The average Bonchev–Trinajstić information content (AvgIpc) is 2.41. The molecule has 1 aliphatic heterocycles. The number of terminal acetylenes is 1. The van der Waals surface area contributed by atoms with Gasteiger partial charge in [0.2, 0.25) is 0 Å². The van der Waals surface area contributed by atoms with E-state index in [0.29, 0.717) is 31.0 Å². The fourth-order valence-electron chi connectivity index (χ4n) is 1.57. The number of hydrogen-bond donors (Lipinski definition) is 0. The second-order valence-electron chi connectivity index (χ2n) is 3.28. The molecule has 3 heteroatoms. The Morgan fingerprint density at radius 2 is 2.27 bits per heavy atom. The molecule has 0 spiro atoms. The molecule has 3 nitrogen and oxygen atoms in total. The lowest BCUT2D eigenvalue weighted by molar-refractivity contribution is 0.0778. The molecule has 1 amide bonds. The summed E-state index contributed by atoms with van der Waals surface area (Å²) in [4.78, 5) is 13.6. The van der Waals surface area contributed by atoms with Crippen molar-refractivity contribution in [2.24, 2.45) is 0 Å². The maximum absolute atomic E-state index is 12.0. The summed E-state index contributed by atoms with van der Waals surface area (Å²) < 4.78 is 5.46. The summed E-state index contributed by atoms with van der Waals surface area (Å²) in [6, 6.07) is 7.22. The zero-order chi connectivity index (χ0) is 10.7.